The molecule has 0 saturated heterocycles. The molecule has 0 aliphatic carbocycles. The molecule has 0 unspecified atom stereocenters. The summed E-state index contributed by atoms with van der Waals surface area (Å²) in [7, 11) is 1.58. The second kappa shape index (κ2) is 5.22. The average molecular weight is 265 g/mol. The van der Waals surface area contributed by atoms with Crippen LogP contribution in [0.5, 0.6) is 5.75 Å². The predicted octanol–water partition coefficient (Wildman–Crippen LogP) is 2.63. The van der Waals surface area contributed by atoms with E-state index >= 15 is 0 Å². The number of nitrogen functional groups attached to an aromatic ring is 1. The van der Waals surface area contributed by atoms with Crippen molar-refractivity contribution in [3.05, 3.63) is 12.1 Å². The largest absolute Gasteiger partial charge is 0.494 e. The Hall–Kier alpha value is -1.82. The van der Waals surface area contributed by atoms with E-state index in [-0.39, 0.29) is 5.91 Å². The number of ether oxygens (including phenoxy) is 1. The highest BCUT2D eigenvalue weighted by atomic mass is 32.1. The molecule has 0 bridgehead atoms. The second-order valence-electron chi connectivity index (χ2n) is 3.84. The maximum Gasteiger partial charge on any atom is 0.224 e. The zero-order valence-corrected chi connectivity index (χ0v) is 11.1. The molecule has 1 aromatic heterocycles. The number of anilines is 2. The van der Waals surface area contributed by atoms with Crippen molar-refractivity contribution in [2.24, 2.45) is 0 Å². The minimum Gasteiger partial charge on any atom is -0.494 e. The Kier molecular flexibility index (Phi) is 3.66. The van der Waals surface area contributed by atoms with E-state index in [0.717, 1.165) is 16.8 Å². The summed E-state index contributed by atoms with van der Waals surface area (Å²) in [4.78, 5) is 15.8. The fourth-order valence-corrected chi connectivity index (χ4v) is 2.52. The third kappa shape index (κ3) is 2.38. The number of carbonyl (C=O) groups is 1. The van der Waals surface area contributed by atoms with E-state index in [9.17, 15) is 4.79 Å². The van der Waals surface area contributed by atoms with Gasteiger partial charge in [-0.15, -0.1) is 0 Å². The lowest BCUT2D eigenvalue weighted by atomic mass is 10.2. The van der Waals surface area contributed by atoms with Crippen molar-refractivity contribution >= 4 is 38.3 Å². The van der Waals surface area contributed by atoms with Crippen molar-refractivity contribution in [1.29, 1.82) is 0 Å². The average Bonchev–Trinajstić information content (AvgIpc) is 2.72. The van der Waals surface area contributed by atoms with Crippen LogP contribution >= 0.6 is 11.3 Å². The third-order valence-corrected chi connectivity index (χ3v) is 3.41. The Balaban J connectivity index is 2.42. The molecule has 0 fully saturated rings. The Labute approximate surface area is 109 Å². The number of benzene rings is 1. The summed E-state index contributed by atoms with van der Waals surface area (Å²) in [6, 6.07) is 3.59. The van der Waals surface area contributed by atoms with Crippen LogP contribution in [-0.2, 0) is 4.79 Å². The van der Waals surface area contributed by atoms with Gasteiger partial charge in [-0.2, -0.15) is 0 Å². The van der Waals surface area contributed by atoms with E-state index in [0.29, 0.717) is 22.8 Å². The fourth-order valence-electron chi connectivity index (χ4n) is 1.70. The van der Waals surface area contributed by atoms with Gasteiger partial charge in [-0.3, -0.25) is 4.79 Å². The lowest BCUT2D eigenvalue weighted by Gasteiger charge is -2.07. The minimum absolute atomic E-state index is 0.00376. The van der Waals surface area contributed by atoms with Gasteiger partial charge >= 0.3 is 0 Å². The summed E-state index contributed by atoms with van der Waals surface area (Å²) in [5.41, 5.74) is 7.14. The Morgan fingerprint density at radius 2 is 2.33 bits per heavy atom. The highest BCUT2D eigenvalue weighted by molar-refractivity contribution is 7.22. The fraction of sp³-hybridized carbons (Fsp3) is 0.333. The van der Waals surface area contributed by atoms with Crippen LogP contribution in [0.1, 0.15) is 19.8 Å². The highest BCUT2D eigenvalue weighted by Gasteiger charge is 2.13. The minimum atomic E-state index is -0.00376. The van der Waals surface area contributed by atoms with Crippen LogP contribution < -0.4 is 15.8 Å². The van der Waals surface area contributed by atoms with Crippen molar-refractivity contribution in [2.75, 3.05) is 18.2 Å². The first-order chi connectivity index (χ1) is 8.65. The number of methoxy groups -OCH3 is 1. The number of nitrogens with zero attached hydrogens (tertiary/aromatic N) is 1. The molecule has 6 heteroatoms. The molecular formula is C12H15N3O2S. The van der Waals surface area contributed by atoms with Crippen LogP contribution in [0.25, 0.3) is 10.2 Å². The second-order valence-corrected chi connectivity index (χ2v) is 4.87. The zero-order valence-electron chi connectivity index (χ0n) is 10.3. The van der Waals surface area contributed by atoms with Gasteiger partial charge in [0.15, 0.2) is 5.13 Å². The topological polar surface area (TPSA) is 77.2 Å². The summed E-state index contributed by atoms with van der Waals surface area (Å²) in [5.74, 6) is 0.655. The number of fused-ring (bicyclic) bond motifs is 1. The maximum absolute atomic E-state index is 11.6. The van der Waals surface area contributed by atoms with Gasteiger partial charge in [0, 0.05) is 6.42 Å². The molecule has 0 radical (unpaired) electrons. The number of carbonyl (C=O) groups excluding carboxylic acids is 1. The molecule has 1 heterocycles. The van der Waals surface area contributed by atoms with Gasteiger partial charge in [-0.1, -0.05) is 18.3 Å². The van der Waals surface area contributed by atoms with Gasteiger partial charge in [-0.05, 0) is 18.6 Å². The standard InChI is InChI=1S/C12H15N3O2S/c1-3-4-9(16)14-7-5-6-8(17-2)10-11(7)18-12(13)15-10/h5-6H,3-4H2,1-2H3,(H2,13,15)(H,14,16). The molecule has 1 aromatic carbocycles. The van der Waals surface area contributed by atoms with Crippen LogP contribution in [-0.4, -0.2) is 18.0 Å². The van der Waals surface area contributed by atoms with Crippen molar-refractivity contribution in [1.82, 2.24) is 4.98 Å². The first kappa shape index (κ1) is 12.6. The summed E-state index contributed by atoms with van der Waals surface area (Å²) in [6.07, 6.45) is 1.32. The smallest absolute Gasteiger partial charge is 0.224 e. The molecule has 1 amide bonds. The Morgan fingerprint density at radius 1 is 1.56 bits per heavy atom. The van der Waals surface area contributed by atoms with E-state index < -0.39 is 0 Å². The van der Waals surface area contributed by atoms with Crippen molar-refractivity contribution < 1.29 is 9.53 Å². The normalized spacial score (nSPS) is 10.6. The van der Waals surface area contributed by atoms with Gasteiger partial charge in [0.05, 0.1) is 17.5 Å². The van der Waals surface area contributed by atoms with E-state index in [1.165, 1.54) is 11.3 Å². The monoisotopic (exact) mass is 265 g/mol. The first-order valence-electron chi connectivity index (χ1n) is 5.68. The summed E-state index contributed by atoms with van der Waals surface area (Å²) in [6.45, 7) is 1.97. The number of aromatic nitrogens is 1. The lowest BCUT2D eigenvalue weighted by Crippen LogP contribution is -2.10. The third-order valence-electron chi connectivity index (χ3n) is 2.49. The molecule has 18 heavy (non-hydrogen) atoms. The Morgan fingerprint density at radius 3 is 3.00 bits per heavy atom. The maximum atomic E-state index is 11.6. The van der Waals surface area contributed by atoms with E-state index in [2.05, 4.69) is 10.3 Å². The molecule has 2 aromatic rings. The number of amides is 1. The highest BCUT2D eigenvalue weighted by Crippen LogP contribution is 2.36. The number of hydrogen-bond donors (Lipinski definition) is 2. The van der Waals surface area contributed by atoms with Gasteiger partial charge in [0.1, 0.15) is 11.3 Å². The molecule has 96 valence electrons. The molecule has 5 nitrogen and oxygen atoms in total. The van der Waals surface area contributed by atoms with Crippen LogP contribution in [0.2, 0.25) is 0 Å². The summed E-state index contributed by atoms with van der Waals surface area (Å²) >= 11 is 1.34. The van der Waals surface area contributed by atoms with Gasteiger partial charge in [-0.25, -0.2) is 4.98 Å². The zero-order chi connectivity index (χ0) is 13.1. The SMILES string of the molecule is CCCC(=O)Nc1ccc(OC)c2nc(N)sc12. The summed E-state index contributed by atoms with van der Waals surface area (Å²) < 4.78 is 6.07. The van der Waals surface area contributed by atoms with Gasteiger partial charge < -0.3 is 15.8 Å². The molecule has 0 atom stereocenters. The molecular weight excluding hydrogens is 250 g/mol. The van der Waals surface area contributed by atoms with Crippen molar-refractivity contribution in [2.45, 2.75) is 19.8 Å². The van der Waals surface area contributed by atoms with Crippen LogP contribution in [0, 0.1) is 0 Å². The molecule has 0 spiro atoms. The molecule has 3 N–H and O–H groups in total. The molecule has 0 aliphatic rings. The molecule has 2 rings (SSSR count). The number of hydrogen-bond acceptors (Lipinski definition) is 5. The number of rotatable bonds is 4. The van der Waals surface area contributed by atoms with E-state index in [4.69, 9.17) is 10.5 Å². The molecule has 0 aliphatic heterocycles. The first-order valence-corrected chi connectivity index (χ1v) is 6.50. The van der Waals surface area contributed by atoms with Crippen LogP contribution in [0.15, 0.2) is 12.1 Å². The van der Waals surface area contributed by atoms with Crippen molar-refractivity contribution in [3.8, 4) is 5.75 Å². The predicted molar refractivity (Wildman–Crippen MR) is 74.1 cm³/mol. The summed E-state index contributed by atoms with van der Waals surface area (Å²) in [5, 5.41) is 3.33. The van der Waals surface area contributed by atoms with Crippen molar-refractivity contribution in [3.63, 3.8) is 0 Å². The number of thiazole rings is 1. The van der Waals surface area contributed by atoms with Gasteiger partial charge in [0.25, 0.3) is 0 Å². The van der Waals surface area contributed by atoms with E-state index in [1.807, 2.05) is 13.0 Å². The quantitative estimate of drug-likeness (QED) is 0.890. The molecule has 0 saturated carbocycles. The Bertz CT molecular complexity index is 580. The lowest BCUT2D eigenvalue weighted by molar-refractivity contribution is -0.116. The van der Waals surface area contributed by atoms with E-state index in [1.54, 1.807) is 13.2 Å². The number of nitrogens with one attached hydrogen (secondary N) is 1. The van der Waals surface area contributed by atoms with Crippen LogP contribution in [0.4, 0.5) is 10.8 Å². The number of nitrogens with two attached hydrogens (primary N) is 1. The van der Waals surface area contributed by atoms with Crippen LogP contribution in [0.3, 0.4) is 0 Å². The van der Waals surface area contributed by atoms with Gasteiger partial charge in [0.2, 0.25) is 5.91 Å².